The molecule has 8 nitrogen and oxygen atoms in total. The van der Waals surface area contributed by atoms with E-state index < -0.39 is 12.1 Å². The molecule has 0 spiro atoms. The summed E-state index contributed by atoms with van der Waals surface area (Å²) < 4.78 is 15.7. The minimum Gasteiger partial charge on any atom is -0.352 e. The number of hydrogen-bond donors (Lipinski definition) is 2. The number of rotatable bonds is 1. The number of amides is 3. The van der Waals surface area contributed by atoms with Crippen LogP contribution in [0.5, 0.6) is 0 Å². The summed E-state index contributed by atoms with van der Waals surface area (Å²) in [5.74, 6) is -0.494. The molecule has 2 atom stereocenters. The molecule has 1 saturated heterocycles. The molecule has 0 saturated carbocycles. The molecular formula is C26H28FN5O3. The lowest BCUT2D eigenvalue weighted by atomic mass is 10.1. The van der Waals surface area contributed by atoms with Gasteiger partial charge in [0, 0.05) is 30.3 Å². The van der Waals surface area contributed by atoms with Crippen molar-refractivity contribution in [1.29, 1.82) is 0 Å². The molecule has 182 valence electrons. The van der Waals surface area contributed by atoms with Crippen molar-refractivity contribution in [3.63, 3.8) is 0 Å². The molecule has 3 heterocycles. The van der Waals surface area contributed by atoms with Crippen LogP contribution >= 0.6 is 0 Å². The lowest BCUT2D eigenvalue weighted by Gasteiger charge is -2.21. The van der Waals surface area contributed by atoms with Gasteiger partial charge in [-0.15, -0.1) is 0 Å². The van der Waals surface area contributed by atoms with Crippen LogP contribution in [0.15, 0.2) is 42.5 Å². The fourth-order valence-corrected chi connectivity index (χ4v) is 4.88. The van der Waals surface area contributed by atoms with Gasteiger partial charge in [-0.2, -0.15) is 0 Å². The number of anilines is 1. The number of hydrogen-bond acceptors (Lipinski definition) is 4. The lowest BCUT2D eigenvalue weighted by Crippen LogP contribution is -2.29. The van der Waals surface area contributed by atoms with Crippen molar-refractivity contribution in [2.24, 2.45) is 0 Å². The molecule has 2 bridgehead atoms. The van der Waals surface area contributed by atoms with Gasteiger partial charge in [-0.25, -0.2) is 9.37 Å². The van der Waals surface area contributed by atoms with E-state index >= 15 is 0 Å². The average molecular weight is 478 g/mol. The zero-order valence-electron chi connectivity index (χ0n) is 19.6. The van der Waals surface area contributed by atoms with Gasteiger partial charge in [0.15, 0.2) is 0 Å². The fourth-order valence-electron chi connectivity index (χ4n) is 4.88. The number of benzene rings is 2. The number of alkyl halides is 1. The Kier molecular flexibility index (Phi) is 6.23. The molecule has 0 radical (unpaired) electrons. The molecule has 2 N–H and O–H groups in total. The number of fused-ring (bicyclic) bond motifs is 5. The first-order valence-electron chi connectivity index (χ1n) is 12.1. The minimum absolute atomic E-state index is 0.0817. The number of imidazole rings is 1. The third-order valence-electron chi connectivity index (χ3n) is 6.75. The van der Waals surface area contributed by atoms with Crippen LogP contribution in [-0.4, -0.2) is 58.0 Å². The van der Waals surface area contributed by atoms with Gasteiger partial charge in [0.25, 0.3) is 17.7 Å². The van der Waals surface area contributed by atoms with Gasteiger partial charge in [-0.3, -0.25) is 19.7 Å². The summed E-state index contributed by atoms with van der Waals surface area (Å²) in [4.78, 5) is 45.2. The largest absolute Gasteiger partial charge is 0.352 e. The van der Waals surface area contributed by atoms with E-state index in [1.807, 2.05) is 17.6 Å². The van der Waals surface area contributed by atoms with E-state index in [2.05, 4.69) is 15.6 Å². The highest BCUT2D eigenvalue weighted by Crippen LogP contribution is 2.31. The summed E-state index contributed by atoms with van der Waals surface area (Å²) in [5.41, 5.74) is 2.43. The molecule has 9 heteroatoms. The van der Waals surface area contributed by atoms with Gasteiger partial charge in [0.2, 0.25) is 5.95 Å². The van der Waals surface area contributed by atoms with Gasteiger partial charge in [0.05, 0.1) is 23.1 Å². The predicted octanol–water partition coefficient (Wildman–Crippen LogP) is 3.95. The van der Waals surface area contributed by atoms with Crippen LogP contribution in [0, 0.1) is 0 Å². The zero-order chi connectivity index (χ0) is 24.5. The van der Waals surface area contributed by atoms with E-state index in [4.69, 9.17) is 0 Å². The number of carbonyl (C=O) groups is 3. The summed E-state index contributed by atoms with van der Waals surface area (Å²) in [6, 6.07) is 11.8. The molecule has 5 rings (SSSR count). The smallest absolute Gasteiger partial charge is 0.257 e. The van der Waals surface area contributed by atoms with E-state index in [1.165, 1.54) is 0 Å². The van der Waals surface area contributed by atoms with Crippen LogP contribution in [0.1, 0.15) is 69.7 Å². The fraction of sp³-hybridized carbons (Fsp3) is 0.385. The highest BCUT2D eigenvalue weighted by Gasteiger charge is 2.30. The van der Waals surface area contributed by atoms with Crippen LogP contribution in [0.2, 0.25) is 0 Å². The number of carbonyl (C=O) groups excluding carboxylic acids is 3. The number of nitrogens with one attached hydrogen (secondary N) is 2. The Morgan fingerprint density at radius 3 is 2.60 bits per heavy atom. The average Bonchev–Trinajstić information content (AvgIpc) is 3.45. The maximum Gasteiger partial charge on any atom is 0.257 e. The molecule has 0 aliphatic carbocycles. The third-order valence-corrected chi connectivity index (χ3v) is 6.75. The monoisotopic (exact) mass is 477 g/mol. The molecule has 1 unspecified atom stereocenters. The van der Waals surface area contributed by atoms with Crippen LogP contribution < -0.4 is 10.6 Å². The van der Waals surface area contributed by atoms with Crippen molar-refractivity contribution in [2.45, 2.75) is 44.8 Å². The van der Waals surface area contributed by atoms with Gasteiger partial charge >= 0.3 is 0 Å². The summed E-state index contributed by atoms with van der Waals surface area (Å²) in [5, 5.41) is 5.80. The first kappa shape index (κ1) is 23.0. The molecule has 1 aromatic heterocycles. The summed E-state index contributed by atoms with van der Waals surface area (Å²) in [7, 11) is 0. The number of halogens is 1. The number of aromatic nitrogens is 2. The zero-order valence-corrected chi connectivity index (χ0v) is 19.6. The van der Waals surface area contributed by atoms with Crippen molar-refractivity contribution < 1.29 is 18.8 Å². The number of likely N-dealkylation sites (tertiary alicyclic amines) is 1. The van der Waals surface area contributed by atoms with Crippen molar-refractivity contribution >= 4 is 34.7 Å². The third kappa shape index (κ3) is 4.50. The number of nitrogens with zero attached hydrogens (tertiary/aromatic N) is 3. The highest BCUT2D eigenvalue weighted by molar-refractivity contribution is 6.08. The van der Waals surface area contributed by atoms with Crippen molar-refractivity contribution in [3.8, 4) is 0 Å². The standard InChI is InChI=1S/C26H28FN5O3/c1-16-6-2-3-12-28-23(33)17-7-4-8-18(14-17)24(34)30-26-29-21-10-5-9-20(22(21)32(16)26)25(35)31-13-11-19(27)15-31/h4-5,7-10,14,16,19H,2-3,6,11-13,15H2,1H3,(H,28,33)(H,29,30,34)/t16?,19-/m0/s1. The van der Waals surface area contributed by atoms with Crippen LogP contribution in [-0.2, 0) is 0 Å². The number of para-hydroxylation sites is 1. The Labute approximate surface area is 202 Å². The van der Waals surface area contributed by atoms with E-state index in [1.54, 1.807) is 41.3 Å². The Hall–Kier alpha value is -3.75. The van der Waals surface area contributed by atoms with Gasteiger partial charge < -0.3 is 14.8 Å². The molecule has 2 aliphatic heterocycles. The topological polar surface area (TPSA) is 96.3 Å². The molecule has 3 aromatic rings. The van der Waals surface area contributed by atoms with E-state index in [-0.39, 0.29) is 24.4 Å². The van der Waals surface area contributed by atoms with Crippen molar-refractivity contribution in [3.05, 3.63) is 59.2 Å². The quantitative estimate of drug-likeness (QED) is 0.555. The molecular weight excluding hydrogens is 449 g/mol. The van der Waals surface area contributed by atoms with Gasteiger partial charge in [-0.1, -0.05) is 12.1 Å². The molecule has 2 aliphatic rings. The minimum atomic E-state index is -1.01. The molecule has 2 aromatic carbocycles. The van der Waals surface area contributed by atoms with Gasteiger partial charge in [0.1, 0.15) is 6.17 Å². The Bertz CT molecular complexity index is 1300. The first-order chi connectivity index (χ1) is 16.9. The second-order valence-corrected chi connectivity index (χ2v) is 9.25. The Balaban J connectivity index is 1.60. The van der Waals surface area contributed by atoms with Crippen LogP contribution in [0.25, 0.3) is 11.0 Å². The Morgan fingerprint density at radius 2 is 1.83 bits per heavy atom. The van der Waals surface area contributed by atoms with Crippen molar-refractivity contribution in [2.75, 3.05) is 25.0 Å². The highest BCUT2D eigenvalue weighted by atomic mass is 19.1. The predicted molar refractivity (Wildman–Crippen MR) is 130 cm³/mol. The molecule has 3 amide bonds. The summed E-state index contributed by atoms with van der Waals surface area (Å²) in [6.45, 7) is 3.02. The summed E-state index contributed by atoms with van der Waals surface area (Å²) >= 11 is 0. The van der Waals surface area contributed by atoms with Gasteiger partial charge in [-0.05, 0) is 62.9 Å². The lowest BCUT2D eigenvalue weighted by molar-refractivity contribution is 0.0784. The SMILES string of the molecule is CC1CCCCNC(=O)c2cccc(c2)C(=O)Nc2nc3cccc(C(=O)N4CC[C@H](F)C4)c3n21. The Morgan fingerprint density at radius 1 is 1.06 bits per heavy atom. The van der Waals surface area contributed by atoms with E-state index in [0.717, 1.165) is 19.3 Å². The molecule has 1 fully saturated rings. The maximum absolute atomic E-state index is 13.8. The molecule has 35 heavy (non-hydrogen) atoms. The van der Waals surface area contributed by atoms with E-state index in [0.29, 0.717) is 53.2 Å². The van der Waals surface area contributed by atoms with Crippen LogP contribution in [0.4, 0.5) is 10.3 Å². The van der Waals surface area contributed by atoms with E-state index in [9.17, 15) is 18.8 Å². The normalized spacial score (nSPS) is 21.3. The van der Waals surface area contributed by atoms with Crippen molar-refractivity contribution in [1.82, 2.24) is 19.8 Å². The second-order valence-electron chi connectivity index (χ2n) is 9.25. The van der Waals surface area contributed by atoms with Crippen LogP contribution in [0.3, 0.4) is 0 Å². The summed E-state index contributed by atoms with van der Waals surface area (Å²) in [6.07, 6.45) is 1.72. The maximum atomic E-state index is 13.8. The first-order valence-corrected chi connectivity index (χ1v) is 12.1. The second kappa shape index (κ2) is 9.48.